The van der Waals surface area contributed by atoms with E-state index in [2.05, 4.69) is 44.8 Å². The number of hydrogen-bond donors (Lipinski definition) is 1. The maximum Gasteiger partial charge on any atom is 0.242 e. The van der Waals surface area contributed by atoms with E-state index < -0.39 is 0 Å². The number of piperidine rings is 1. The third-order valence-electron chi connectivity index (χ3n) is 4.31. The third kappa shape index (κ3) is 4.39. The summed E-state index contributed by atoms with van der Waals surface area (Å²) in [5.41, 5.74) is 2.24. The number of carbonyl (C=O) groups excluding carboxylic acids is 1. The molecule has 1 aromatic carbocycles. The van der Waals surface area contributed by atoms with E-state index in [1.165, 1.54) is 5.56 Å². The molecule has 1 aliphatic heterocycles. The van der Waals surface area contributed by atoms with Gasteiger partial charge in [-0.2, -0.15) is 0 Å². The molecule has 1 aliphatic rings. The van der Waals surface area contributed by atoms with Crippen LogP contribution in [0.4, 0.5) is 0 Å². The molecule has 0 radical (unpaired) electrons. The van der Waals surface area contributed by atoms with Gasteiger partial charge in [-0.15, -0.1) is 5.10 Å². The van der Waals surface area contributed by atoms with Gasteiger partial charge >= 0.3 is 0 Å². The fourth-order valence-corrected chi connectivity index (χ4v) is 2.95. The maximum absolute atomic E-state index is 12.1. The van der Waals surface area contributed by atoms with Gasteiger partial charge in [0, 0.05) is 25.7 Å². The highest BCUT2D eigenvalue weighted by atomic mass is 16.2. The molecule has 0 unspecified atom stereocenters. The molecular formula is C17H23N5O. The van der Waals surface area contributed by atoms with Gasteiger partial charge in [0.1, 0.15) is 6.54 Å². The average Bonchev–Trinajstić information content (AvgIpc) is 2.95. The molecule has 6 nitrogen and oxygen atoms in total. The number of hydrogen-bond acceptors (Lipinski definition) is 4. The second kappa shape index (κ2) is 7.37. The summed E-state index contributed by atoms with van der Waals surface area (Å²) in [6.45, 7) is 5.16. The first-order chi connectivity index (χ1) is 11.2. The Bertz CT molecular complexity index is 631. The normalized spacial score (nSPS) is 16.4. The monoisotopic (exact) mass is 313 g/mol. The van der Waals surface area contributed by atoms with Crippen molar-refractivity contribution in [3.05, 3.63) is 47.8 Å². The van der Waals surface area contributed by atoms with Gasteiger partial charge in [0.2, 0.25) is 5.91 Å². The van der Waals surface area contributed by atoms with Gasteiger partial charge in [-0.05, 0) is 25.3 Å². The Morgan fingerprint density at radius 3 is 2.65 bits per heavy atom. The number of nitrogens with one attached hydrogen (secondary N) is 1. The molecule has 3 rings (SSSR count). The van der Waals surface area contributed by atoms with Crippen LogP contribution in [0.1, 0.15) is 24.1 Å². The molecule has 0 saturated carbocycles. The van der Waals surface area contributed by atoms with E-state index in [0.29, 0.717) is 0 Å². The summed E-state index contributed by atoms with van der Waals surface area (Å²) in [7, 11) is 0. The molecule has 122 valence electrons. The Morgan fingerprint density at radius 1 is 1.26 bits per heavy atom. The molecule has 1 amide bonds. The third-order valence-corrected chi connectivity index (χ3v) is 4.31. The molecule has 0 bridgehead atoms. The zero-order chi connectivity index (χ0) is 16.1. The second-order valence-electron chi connectivity index (χ2n) is 6.14. The molecule has 1 aromatic heterocycles. The van der Waals surface area contributed by atoms with Crippen molar-refractivity contribution in [1.82, 2.24) is 25.2 Å². The van der Waals surface area contributed by atoms with Crippen molar-refractivity contribution in [2.45, 2.75) is 38.9 Å². The van der Waals surface area contributed by atoms with Gasteiger partial charge in [0.15, 0.2) is 0 Å². The van der Waals surface area contributed by atoms with Crippen LogP contribution in [0, 0.1) is 6.92 Å². The first kappa shape index (κ1) is 15.7. The maximum atomic E-state index is 12.1. The zero-order valence-corrected chi connectivity index (χ0v) is 13.5. The van der Waals surface area contributed by atoms with E-state index in [-0.39, 0.29) is 18.5 Å². The number of nitrogens with zero attached hydrogens (tertiary/aromatic N) is 4. The van der Waals surface area contributed by atoms with Crippen LogP contribution in [-0.2, 0) is 17.9 Å². The van der Waals surface area contributed by atoms with Gasteiger partial charge in [-0.3, -0.25) is 9.69 Å². The van der Waals surface area contributed by atoms with E-state index in [1.54, 1.807) is 10.9 Å². The quantitative estimate of drug-likeness (QED) is 0.905. The predicted octanol–water partition coefficient (Wildman–Crippen LogP) is 1.37. The minimum Gasteiger partial charge on any atom is -0.352 e. The van der Waals surface area contributed by atoms with Crippen LogP contribution in [-0.4, -0.2) is 44.9 Å². The van der Waals surface area contributed by atoms with Gasteiger partial charge in [-0.25, -0.2) is 4.68 Å². The number of likely N-dealkylation sites (tertiary alicyclic amines) is 1. The number of carbonyl (C=O) groups is 1. The van der Waals surface area contributed by atoms with Crippen LogP contribution in [0.5, 0.6) is 0 Å². The SMILES string of the molecule is Cc1cnnn1CC(=O)NC1CCN(Cc2ccccc2)CC1. The summed E-state index contributed by atoms with van der Waals surface area (Å²) in [5, 5.41) is 10.8. The lowest BCUT2D eigenvalue weighted by Gasteiger charge is -2.32. The lowest BCUT2D eigenvalue weighted by molar-refractivity contribution is -0.122. The smallest absolute Gasteiger partial charge is 0.242 e. The number of benzene rings is 1. The Morgan fingerprint density at radius 2 is 2.00 bits per heavy atom. The molecule has 1 N–H and O–H groups in total. The van der Waals surface area contributed by atoms with Crippen LogP contribution >= 0.6 is 0 Å². The van der Waals surface area contributed by atoms with Crippen molar-refractivity contribution in [1.29, 1.82) is 0 Å². The summed E-state index contributed by atoms with van der Waals surface area (Å²) in [6, 6.07) is 10.8. The summed E-state index contributed by atoms with van der Waals surface area (Å²) < 4.78 is 1.62. The number of amides is 1. The molecule has 1 fully saturated rings. The van der Waals surface area contributed by atoms with Gasteiger partial charge < -0.3 is 5.32 Å². The summed E-state index contributed by atoms with van der Waals surface area (Å²) in [5.74, 6) is 0.0140. The van der Waals surface area contributed by atoms with Crippen LogP contribution in [0.25, 0.3) is 0 Å². The minimum absolute atomic E-state index is 0.0140. The van der Waals surface area contributed by atoms with Gasteiger partial charge in [-0.1, -0.05) is 35.5 Å². The van der Waals surface area contributed by atoms with Gasteiger partial charge in [0.05, 0.1) is 11.9 Å². The highest BCUT2D eigenvalue weighted by Crippen LogP contribution is 2.13. The predicted molar refractivity (Wildman–Crippen MR) is 87.6 cm³/mol. The van der Waals surface area contributed by atoms with Crippen molar-refractivity contribution >= 4 is 5.91 Å². The molecule has 2 heterocycles. The standard InChI is InChI=1S/C17H23N5O/c1-14-11-18-20-22(14)13-17(23)19-16-7-9-21(10-8-16)12-15-5-3-2-4-6-15/h2-6,11,16H,7-10,12-13H2,1H3,(H,19,23). The van der Waals surface area contributed by atoms with Crippen LogP contribution in [0.3, 0.4) is 0 Å². The summed E-state index contributed by atoms with van der Waals surface area (Å²) in [6.07, 6.45) is 3.65. The highest BCUT2D eigenvalue weighted by Gasteiger charge is 2.21. The van der Waals surface area contributed by atoms with E-state index in [9.17, 15) is 4.79 Å². The second-order valence-corrected chi connectivity index (χ2v) is 6.14. The van der Waals surface area contributed by atoms with E-state index in [0.717, 1.165) is 38.2 Å². The van der Waals surface area contributed by atoms with Crippen molar-refractivity contribution < 1.29 is 4.79 Å². The molecule has 0 aliphatic carbocycles. The molecule has 23 heavy (non-hydrogen) atoms. The fraction of sp³-hybridized carbons (Fsp3) is 0.471. The molecule has 6 heteroatoms. The minimum atomic E-state index is 0.0140. The Kier molecular flexibility index (Phi) is 5.02. The summed E-state index contributed by atoms with van der Waals surface area (Å²) in [4.78, 5) is 14.5. The van der Waals surface area contributed by atoms with Crippen molar-refractivity contribution in [3.8, 4) is 0 Å². The number of aromatic nitrogens is 3. The number of aryl methyl sites for hydroxylation is 1. The summed E-state index contributed by atoms with van der Waals surface area (Å²) >= 11 is 0. The van der Waals surface area contributed by atoms with E-state index in [4.69, 9.17) is 0 Å². The lowest BCUT2D eigenvalue weighted by Crippen LogP contribution is -2.45. The van der Waals surface area contributed by atoms with Crippen LogP contribution in [0.15, 0.2) is 36.5 Å². The fourth-order valence-electron chi connectivity index (χ4n) is 2.95. The Hall–Kier alpha value is -2.21. The lowest BCUT2D eigenvalue weighted by atomic mass is 10.0. The van der Waals surface area contributed by atoms with Crippen LogP contribution in [0.2, 0.25) is 0 Å². The Balaban J connectivity index is 1.42. The molecule has 2 aromatic rings. The highest BCUT2D eigenvalue weighted by molar-refractivity contribution is 5.76. The molecular weight excluding hydrogens is 290 g/mol. The first-order valence-electron chi connectivity index (χ1n) is 8.11. The van der Waals surface area contributed by atoms with Crippen LogP contribution < -0.4 is 5.32 Å². The molecule has 0 atom stereocenters. The van der Waals surface area contributed by atoms with E-state index >= 15 is 0 Å². The van der Waals surface area contributed by atoms with Crippen molar-refractivity contribution in [2.75, 3.05) is 13.1 Å². The van der Waals surface area contributed by atoms with Gasteiger partial charge in [0.25, 0.3) is 0 Å². The Labute approximate surface area is 136 Å². The zero-order valence-electron chi connectivity index (χ0n) is 13.5. The first-order valence-corrected chi connectivity index (χ1v) is 8.11. The van der Waals surface area contributed by atoms with Crippen molar-refractivity contribution in [2.24, 2.45) is 0 Å². The number of rotatable bonds is 5. The van der Waals surface area contributed by atoms with E-state index in [1.807, 2.05) is 13.0 Å². The molecule has 1 saturated heterocycles. The average molecular weight is 313 g/mol. The topological polar surface area (TPSA) is 63.1 Å². The largest absolute Gasteiger partial charge is 0.352 e. The molecule has 0 spiro atoms. The van der Waals surface area contributed by atoms with Crippen molar-refractivity contribution in [3.63, 3.8) is 0 Å².